The normalized spacial score (nSPS) is 11.1. The van der Waals surface area contributed by atoms with Crippen molar-refractivity contribution in [2.75, 3.05) is 0 Å². The van der Waals surface area contributed by atoms with Gasteiger partial charge in [0.25, 0.3) is 0 Å². The number of H-pyrrole nitrogens is 1. The Morgan fingerprint density at radius 2 is 1.93 bits per heavy atom. The maximum Gasteiger partial charge on any atom is 0.0462 e. The van der Waals surface area contributed by atoms with Crippen LogP contribution in [0.25, 0.3) is 10.9 Å². The van der Waals surface area contributed by atoms with Crippen LogP contribution in [0.3, 0.4) is 0 Å². The van der Waals surface area contributed by atoms with Crippen LogP contribution in [0, 0.1) is 20.8 Å². The van der Waals surface area contributed by atoms with Gasteiger partial charge in [-0.05, 0) is 43.5 Å². The van der Waals surface area contributed by atoms with Crippen LogP contribution < -0.4 is 5.73 Å². The third-order valence-electron chi connectivity index (χ3n) is 3.02. The number of nitrogens with one attached hydrogen (secondary N) is 1. The van der Waals surface area contributed by atoms with Gasteiger partial charge in [-0.2, -0.15) is 0 Å². The highest BCUT2D eigenvalue weighted by Gasteiger charge is 2.09. The van der Waals surface area contributed by atoms with Gasteiger partial charge in [0, 0.05) is 23.1 Å². The van der Waals surface area contributed by atoms with Crippen molar-refractivity contribution in [1.82, 2.24) is 4.98 Å². The minimum absolute atomic E-state index is 0.607. The molecule has 3 N–H and O–H groups in total. The molecule has 0 aliphatic rings. The molecular formula is C12H16N2. The highest BCUT2D eigenvalue weighted by molar-refractivity contribution is 5.88. The van der Waals surface area contributed by atoms with Gasteiger partial charge in [0.05, 0.1) is 0 Å². The van der Waals surface area contributed by atoms with E-state index in [-0.39, 0.29) is 0 Å². The monoisotopic (exact) mass is 188 g/mol. The van der Waals surface area contributed by atoms with Crippen LogP contribution in [0.2, 0.25) is 0 Å². The molecular weight excluding hydrogens is 172 g/mol. The fourth-order valence-corrected chi connectivity index (χ4v) is 2.03. The second-order valence-electron chi connectivity index (χ2n) is 3.86. The van der Waals surface area contributed by atoms with Crippen LogP contribution in [0.4, 0.5) is 0 Å². The first-order chi connectivity index (χ1) is 6.65. The van der Waals surface area contributed by atoms with Crippen molar-refractivity contribution >= 4 is 10.9 Å². The molecule has 0 spiro atoms. The minimum Gasteiger partial charge on any atom is -0.358 e. The average molecular weight is 188 g/mol. The smallest absolute Gasteiger partial charge is 0.0462 e. The summed E-state index contributed by atoms with van der Waals surface area (Å²) < 4.78 is 0. The summed E-state index contributed by atoms with van der Waals surface area (Å²) in [5.74, 6) is 0. The van der Waals surface area contributed by atoms with Gasteiger partial charge in [-0.15, -0.1) is 0 Å². The SMILES string of the molecule is Cc1ccc2[nH]c(C)c(CN)c2c1C. The van der Waals surface area contributed by atoms with E-state index in [2.05, 4.69) is 37.9 Å². The van der Waals surface area contributed by atoms with Gasteiger partial charge in [-0.25, -0.2) is 0 Å². The van der Waals surface area contributed by atoms with Crippen molar-refractivity contribution in [2.45, 2.75) is 27.3 Å². The Morgan fingerprint density at radius 3 is 2.57 bits per heavy atom. The molecule has 1 aromatic carbocycles. The molecule has 1 heterocycles. The van der Waals surface area contributed by atoms with E-state index in [9.17, 15) is 0 Å². The van der Waals surface area contributed by atoms with Crippen LogP contribution in [0.15, 0.2) is 12.1 Å². The van der Waals surface area contributed by atoms with Gasteiger partial charge in [0.1, 0.15) is 0 Å². The van der Waals surface area contributed by atoms with Gasteiger partial charge in [-0.3, -0.25) is 0 Å². The van der Waals surface area contributed by atoms with E-state index in [1.807, 2.05) is 0 Å². The molecule has 14 heavy (non-hydrogen) atoms. The highest BCUT2D eigenvalue weighted by atomic mass is 14.7. The van der Waals surface area contributed by atoms with Gasteiger partial charge < -0.3 is 10.7 Å². The van der Waals surface area contributed by atoms with E-state index in [0.29, 0.717) is 6.54 Å². The van der Waals surface area contributed by atoms with Crippen molar-refractivity contribution < 1.29 is 0 Å². The molecule has 0 aliphatic carbocycles. The molecule has 0 unspecified atom stereocenters. The Labute approximate surface area is 84.1 Å². The van der Waals surface area contributed by atoms with Crippen LogP contribution in [0.1, 0.15) is 22.4 Å². The summed E-state index contributed by atoms with van der Waals surface area (Å²) in [6, 6.07) is 4.28. The van der Waals surface area contributed by atoms with Crippen LogP contribution in [0.5, 0.6) is 0 Å². The van der Waals surface area contributed by atoms with Crippen LogP contribution in [-0.2, 0) is 6.54 Å². The average Bonchev–Trinajstić information content (AvgIpc) is 2.48. The van der Waals surface area contributed by atoms with Crippen LogP contribution in [-0.4, -0.2) is 4.98 Å². The molecule has 2 aromatic rings. The summed E-state index contributed by atoms with van der Waals surface area (Å²) in [7, 11) is 0. The molecule has 0 radical (unpaired) electrons. The zero-order valence-corrected chi connectivity index (χ0v) is 8.94. The summed E-state index contributed by atoms with van der Waals surface area (Å²) in [6.07, 6.45) is 0. The topological polar surface area (TPSA) is 41.8 Å². The highest BCUT2D eigenvalue weighted by Crippen LogP contribution is 2.26. The van der Waals surface area contributed by atoms with Gasteiger partial charge >= 0.3 is 0 Å². The van der Waals surface area contributed by atoms with Gasteiger partial charge in [-0.1, -0.05) is 6.07 Å². The first kappa shape index (κ1) is 9.28. The first-order valence-electron chi connectivity index (χ1n) is 4.92. The van der Waals surface area contributed by atoms with Gasteiger partial charge in [0.15, 0.2) is 0 Å². The lowest BCUT2D eigenvalue weighted by Crippen LogP contribution is -1.98. The standard InChI is InChI=1S/C12H16N2/c1-7-4-5-11-12(8(7)2)10(6-13)9(3)14-11/h4-5,14H,6,13H2,1-3H3. The van der Waals surface area contributed by atoms with E-state index in [1.54, 1.807) is 0 Å². The number of benzene rings is 1. The number of fused-ring (bicyclic) bond motifs is 1. The molecule has 1 aromatic heterocycles. The molecule has 0 aliphatic heterocycles. The summed E-state index contributed by atoms with van der Waals surface area (Å²) in [6.45, 7) is 6.98. The molecule has 2 rings (SSSR count). The maximum atomic E-state index is 5.76. The lowest BCUT2D eigenvalue weighted by atomic mass is 10.0. The number of hydrogen-bond acceptors (Lipinski definition) is 1. The maximum absolute atomic E-state index is 5.76. The van der Waals surface area contributed by atoms with E-state index >= 15 is 0 Å². The second kappa shape index (κ2) is 3.14. The molecule has 0 saturated heterocycles. The quantitative estimate of drug-likeness (QED) is 0.709. The molecule has 0 amide bonds. The fraction of sp³-hybridized carbons (Fsp3) is 0.333. The second-order valence-corrected chi connectivity index (χ2v) is 3.86. The molecule has 0 bridgehead atoms. The molecule has 74 valence electrons. The summed E-state index contributed by atoms with van der Waals surface area (Å²) >= 11 is 0. The minimum atomic E-state index is 0.607. The molecule has 0 fully saturated rings. The first-order valence-corrected chi connectivity index (χ1v) is 4.92. The Hall–Kier alpha value is -1.28. The molecule has 2 heteroatoms. The number of aromatic amines is 1. The molecule has 2 nitrogen and oxygen atoms in total. The van der Waals surface area contributed by atoms with E-state index in [1.165, 1.54) is 33.3 Å². The Balaban J connectivity index is 2.90. The molecule has 0 atom stereocenters. The van der Waals surface area contributed by atoms with E-state index < -0.39 is 0 Å². The predicted octanol–water partition coefficient (Wildman–Crippen LogP) is 2.55. The summed E-state index contributed by atoms with van der Waals surface area (Å²) in [4.78, 5) is 3.37. The Bertz CT molecular complexity index is 481. The van der Waals surface area contributed by atoms with Crippen molar-refractivity contribution in [2.24, 2.45) is 5.73 Å². The Kier molecular flexibility index (Phi) is 2.08. The summed E-state index contributed by atoms with van der Waals surface area (Å²) in [5.41, 5.74) is 12.1. The zero-order valence-electron chi connectivity index (χ0n) is 8.94. The van der Waals surface area contributed by atoms with E-state index in [4.69, 9.17) is 5.73 Å². The van der Waals surface area contributed by atoms with Gasteiger partial charge in [0.2, 0.25) is 0 Å². The fourth-order valence-electron chi connectivity index (χ4n) is 2.03. The number of aryl methyl sites for hydroxylation is 3. The van der Waals surface area contributed by atoms with Crippen molar-refractivity contribution in [1.29, 1.82) is 0 Å². The number of nitrogens with two attached hydrogens (primary N) is 1. The third-order valence-corrected chi connectivity index (χ3v) is 3.02. The lowest BCUT2D eigenvalue weighted by molar-refractivity contribution is 1.05. The van der Waals surface area contributed by atoms with Crippen molar-refractivity contribution in [3.63, 3.8) is 0 Å². The number of rotatable bonds is 1. The number of aromatic nitrogens is 1. The third kappa shape index (κ3) is 1.15. The van der Waals surface area contributed by atoms with E-state index in [0.717, 1.165) is 0 Å². The lowest BCUT2D eigenvalue weighted by Gasteiger charge is -2.03. The largest absolute Gasteiger partial charge is 0.358 e. The predicted molar refractivity (Wildman–Crippen MR) is 60.4 cm³/mol. The van der Waals surface area contributed by atoms with Crippen molar-refractivity contribution in [3.8, 4) is 0 Å². The number of hydrogen-bond donors (Lipinski definition) is 2. The van der Waals surface area contributed by atoms with Crippen molar-refractivity contribution in [3.05, 3.63) is 34.5 Å². The summed E-state index contributed by atoms with van der Waals surface area (Å²) in [5, 5.41) is 1.31. The van der Waals surface area contributed by atoms with Crippen LogP contribution >= 0.6 is 0 Å². The molecule has 0 saturated carbocycles. The zero-order chi connectivity index (χ0) is 10.3. The Morgan fingerprint density at radius 1 is 1.21 bits per heavy atom.